The fourth-order valence-corrected chi connectivity index (χ4v) is 4.77. The summed E-state index contributed by atoms with van der Waals surface area (Å²) in [4.78, 5) is 26.6. The lowest BCUT2D eigenvalue weighted by atomic mass is 9.97. The molecule has 0 bridgehead atoms. The second kappa shape index (κ2) is 5.86. The Balaban J connectivity index is 1.50. The van der Waals surface area contributed by atoms with E-state index in [0.29, 0.717) is 11.6 Å². The van der Waals surface area contributed by atoms with Crippen molar-refractivity contribution in [2.24, 2.45) is 5.73 Å². The molecule has 2 N–H and O–H groups in total. The number of carbonyl (C=O) groups is 1. The number of nitrogens with two attached hydrogens (primary N) is 1. The van der Waals surface area contributed by atoms with Gasteiger partial charge in [-0.3, -0.25) is 4.79 Å². The Kier molecular flexibility index (Phi) is 3.70. The molecule has 1 amide bonds. The monoisotopic (exact) mass is 345 g/mol. The minimum atomic E-state index is -0.453. The highest BCUT2D eigenvalue weighted by Gasteiger charge is 2.25. The van der Waals surface area contributed by atoms with Crippen LogP contribution in [0, 0.1) is 0 Å². The lowest BCUT2D eigenvalue weighted by molar-refractivity contribution is 0.0996. The smallest absolute Gasteiger partial charge is 0.268 e. The zero-order valence-electron chi connectivity index (χ0n) is 12.3. The quantitative estimate of drug-likeness (QED) is 0.789. The highest BCUT2D eigenvalue weighted by atomic mass is 32.1. The number of anilines is 1. The number of piperidine rings is 1. The minimum absolute atomic E-state index is 0.378. The van der Waals surface area contributed by atoms with Crippen LogP contribution in [0.4, 0.5) is 5.82 Å². The normalized spacial score (nSPS) is 16.1. The van der Waals surface area contributed by atoms with E-state index in [1.54, 1.807) is 23.0 Å². The Morgan fingerprint density at radius 1 is 1.26 bits per heavy atom. The Labute approximate surface area is 141 Å². The predicted molar refractivity (Wildman–Crippen MR) is 92.2 cm³/mol. The lowest BCUT2D eigenvalue weighted by Crippen LogP contribution is -2.33. The molecule has 4 heterocycles. The van der Waals surface area contributed by atoms with E-state index in [2.05, 4.69) is 25.2 Å². The summed E-state index contributed by atoms with van der Waals surface area (Å²) in [5.41, 5.74) is 6.67. The van der Waals surface area contributed by atoms with Gasteiger partial charge in [0.25, 0.3) is 5.91 Å². The Bertz CT molecular complexity index is 850. The topological polar surface area (TPSA) is 85.0 Å². The third kappa shape index (κ3) is 2.68. The fourth-order valence-electron chi connectivity index (χ4n) is 2.93. The molecule has 4 rings (SSSR count). The molecule has 0 aliphatic carbocycles. The van der Waals surface area contributed by atoms with Crippen LogP contribution in [0.25, 0.3) is 10.2 Å². The third-order valence-electron chi connectivity index (χ3n) is 4.14. The molecule has 0 spiro atoms. The summed E-state index contributed by atoms with van der Waals surface area (Å²) in [6.07, 6.45) is 3.64. The molecule has 0 aromatic carbocycles. The summed E-state index contributed by atoms with van der Waals surface area (Å²) in [5, 5.41) is 4.82. The van der Waals surface area contributed by atoms with Crippen molar-refractivity contribution in [3.05, 3.63) is 33.9 Å². The van der Waals surface area contributed by atoms with Crippen molar-refractivity contribution in [2.45, 2.75) is 18.8 Å². The number of rotatable bonds is 3. The Morgan fingerprint density at radius 2 is 2.09 bits per heavy atom. The molecule has 3 aromatic heterocycles. The van der Waals surface area contributed by atoms with E-state index in [1.165, 1.54) is 11.3 Å². The van der Waals surface area contributed by atoms with E-state index in [0.717, 1.165) is 47.0 Å². The van der Waals surface area contributed by atoms with Crippen LogP contribution in [-0.2, 0) is 0 Å². The molecule has 6 nitrogen and oxygen atoms in total. The van der Waals surface area contributed by atoms with E-state index in [-0.39, 0.29) is 0 Å². The third-order valence-corrected chi connectivity index (χ3v) is 6.05. The van der Waals surface area contributed by atoms with E-state index in [1.807, 2.05) is 6.07 Å². The van der Waals surface area contributed by atoms with Crippen LogP contribution in [0.1, 0.15) is 34.3 Å². The van der Waals surface area contributed by atoms with Gasteiger partial charge in [0, 0.05) is 24.4 Å². The molecule has 1 aliphatic heterocycles. The number of fused-ring (bicyclic) bond motifs is 1. The number of hydrogen-bond donors (Lipinski definition) is 1. The SMILES string of the molecule is NC(=O)c1csc(C2CCN(c3ncnc4ccsc34)CC2)n1. The largest absolute Gasteiger partial charge is 0.364 e. The van der Waals surface area contributed by atoms with Crippen molar-refractivity contribution in [2.75, 3.05) is 18.0 Å². The van der Waals surface area contributed by atoms with Crippen LogP contribution in [-0.4, -0.2) is 33.9 Å². The van der Waals surface area contributed by atoms with Crippen molar-refractivity contribution in [3.8, 4) is 0 Å². The van der Waals surface area contributed by atoms with Crippen molar-refractivity contribution in [3.63, 3.8) is 0 Å². The van der Waals surface area contributed by atoms with Crippen LogP contribution in [0.5, 0.6) is 0 Å². The standard InChI is InChI=1S/C15H15N5OS2/c16-13(21)11-7-23-15(19-11)9-1-4-20(5-2-9)14-12-10(3-6-22-12)17-8-18-14/h3,6-9H,1-2,4-5H2,(H2,16,21). The van der Waals surface area contributed by atoms with Crippen LogP contribution in [0.2, 0.25) is 0 Å². The summed E-state index contributed by atoms with van der Waals surface area (Å²) in [7, 11) is 0. The highest BCUT2D eigenvalue weighted by molar-refractivity contribution is 7.17. The average molecular weight is 345 g/mol. The van der Waals surface area contributed by atoms with Gasteiger partial charge in [0.1, 0.15) is 17.8 Å². The molecule has 1 saturated heterocycles. The lowest BCUT2D eigenvalue weighted by Gasteiger charge is -2.32. The first-order valence-electron chi connectivity index (χ1n) is 7.41. The van der Waals surface area contributed by atoms with Crippen LogP contribution >= 0.6 is 22.7 Å². The molecule has 8 heteroatoms. The number of hydrogen-bond acceptors (Lipinski definition) is 7. The summed E-state index contributed by atoms with van der Waals surface area (Å²) in [6.45, 7) is 1.86. The van der Waals surface area contributed by atoms with Crippen LogP contribution < -0.4 is 10.6 Å². The number of amides is 1. The molecule has 0 saturated carbocycles. The van der Waals surface area contributed by atoms with Gasteiger partial charge < -0.3 is 10.6 Å². The van der Waals surface area contributed by atoms with Crippen molar-refractivity contribution in [1.29, 1.82) is 0 Å². The van der Waals surface area contributed by atoms with Gasteiger partial charge in [-0.25, -0.2) is 15.0 Å². The minimum Gasteiger partial charge on any atom is -0.364 e. The van der Waals surface area contributed by atoms with E-state index >= 15 is 0 Å². The van der Waals surface area contributed by atoms with Crippen molar-refractivity contribution in [1.82, 2.24) is 15.0 Å². The molecule has 0 atom stereocenters. The summed E-state index contributed by atoms with van der Waals surface area (Å²) in [6, 6.07) is 2.03. The van der Waals surface area contributed by atoms with Crippen molar-refractivity contribution >= 4 is 44.6 Å². The predicted octanol–water partition coefficient (Wildman–Crippen LogP) is 2.63. The van der Waals surface area contributed by atoms with Gasteiger partial charge in [-0.05, 0) is 24.3 Å². The second-order valence-corrected chi connectivity index (χ2v) is 7.33. The van der Waals surface area contributed by atoms with Crippen molar-refractivity contribution < 1.29 is 4.79 Å². The van der Waals surface area contributed by atoms with E-state index < -0.39 is 5.91 Å². The first kappa shape index (κ1) is 14.5. The fraction of sp³-hybridized carbons (Fsp3) is 0.333. The number of carbonyl (C=O) groups excluding carboxylic acids is 1. The zero-order chi connectivity index (χ0) is 15.8. The number of primary amides is 1. The molecule has 1 fully saturated rings. The Hall–Kier alpha value is -2.06. The maximum absolute atomic E-state index is 11.2. The van der Waals surface area contributed by atoms with Gasteiger partial charge in [0.05, 0.1) is 15.2 Å². The average Bonchev–Trinajstić information content (AvgIpc) is 3.24. The first-order chi connectivity index (χ1) is 11.2. The second-order valence-electron chi connectivity index (χ2n) is 5.53. The maximum atomic E-state index is 11.2. The van der Waals surface area contributed by atoms with Crippen LogP contribution in [0.3, 0.4) is 0 Å². The maximum Gasteiger partial charge on any atom is 0.268 e. The number of thiazole rings is 1. The molecule has 118 valence electrons. The molecule has 0 radical (unpaired) electrons. The zero-order valence-corrected chi connectivity index (χ0v) is 13.9. The van der Waals surface area contributed by atoms with Gasteiger partial charge in [-0.1, -0.05) is 0 Å². The van der Waals surface area contributed by atoms with Gasteiger partial charge in [-0.2, -0.15) is 0 Å². The molecule has 23 heavy (non-hydrogen) atoms. The van der Waals surface area contributed by atoms with Gasteiger partial charge >= 0.3 is 0 Å². The number of aromatic nitrogens is 3. The van der Waals surface area contributed by atoms with Gasteiger partial charge in [0.2, 0.25) is 0 Å². The molecular formula is C15H15N5OS2. The molecule has 3 aromatic rings. The number of nitrogens with zero attached hydrogens (tertiary/aromatic N) is 4. The molecule has 0 unspecified atom stereocenters. The highest BCUT2D eigenvalue weighted by Crippen LogP contribution is 2.34. The van der Waals surface area contributed by atoms with E-state index in [4.69, 9.17) is 5.73 Å². The summed E-state index contributed by atoms with van der Waals surface area (Å²) >= 11 is 3.21. The van der Waals surface area contributed by atoms with Crippen LogP contribution in [0.15, 0.2) is 23.2 Å². The van der Waals surface area contributed by atoms with Gasteiger partial charge in [-0.15, -0.1) is 22.7 Å². The molecule has 1 aliphatic rings. The summed E-state index contributed by atoms with van der Waals surface area (Å²) in [5.74, 6) is 0.969. The van der Waals surface area contributed by atoms with E-state index in [9.17, 15) is 4.79 Å². The Morgan fingerprint density at radius 3 is 2.83 bits per heavy atom. The first-order valence-corrected chi connectivity index (χ1v) is 9.16. The number of thiophene rings is 1. The molecular weight excluding hydrogens is 330 g/mol. The van der Waals surface area contributed by atoms with Gasteiger partial charge in [0.15, 0.2) is 0 Å². The summed E-state index contributed by atoms with van der Waals surface area (Å²) < 4.78 is 1.15.